The summed E-state index contributed by atoms with van der Waals surface area (Å²) in [5.74, 6) is -0.611. The highest BCUT2D eigenvalue weighted by Gasteiger charge is 2.61. The molecule has 1 aliphatic heterocycles. The van der Waals surface area contributed by atoms with E-state index in [1.807, 2.05) is 0 Å². The fourth-order valence-electron chi connectivity index (χ4n) is 3.45. The van der Waals surface area contributed by atoms with Gasteiger partial charge in [0.1, 0.15) is 0 Å². The summed E-state index contributed by atoms with van der Waals surface area (Å²) in [6.45, 7) is -0.104. The topological polar surface area (TPSA) is 111 Å². The van der Waals surface area contributed by atoms with E-state index in [2.05, 4.69) is 10.1 Å². The highest BCUT2D eigenvalue weighted by Crippen LogP contribution is 2.59. The van der Waals surface area contributed by atoms with Crippen LogP contribution in [0.1, 0.15) is 19.3 Å². The van der Waals surface area contributed by atoms with Crippen LogP contribution >= 0.6 is 0 Å². The molecule has 1 spiro atoms. The molecule has 0 aromatic carbocycles. The highest BCUT2D eigenvalue weighted by molar-refractivity contribution is 5.83. The summed E-state index contributed by atoms with van der Waals surface area (Å²) >= 11 is 0. The zero-order valence-electron chi connectivity index (χ0n) is 15.7. The van der Waals surface area contributed by atoms with Gasteiger partial charge in [-0.15, -0.1) is 0 Å². The standard InChI is InChI=1S/C17H22F6N4O3/c18-16(19,20)13(17(21,22)23)30-14(29)27-6-3-15(4-7-27)8-11(15)12(28)26-9-10(25)2-1-5-24/h1-2,5,11,13H,3-4,6-9,24-25H2,(H,26,28)/b5-1-,10-2-. The fraction of sp³-hybridized carbons (Fsp3) is 0.647. The van der Waals surface area contributed by atoms with Gasteiger partial charge >= 0.3 is 18.4 Å². The molecule has 0 aromatic heterocycles. The molecule has 1 saturated carbocycles. The Labute approximate surface area is 168 Å². The monoisotopic (exact) mass is 444 g/mol. The molecule has 1 atom stereocenters. The first-order valence-corrected chi connectivity index (χ1v) is 9.00. The first kappa shape index (κ1) is 23.7. The molecule has 2 rings (SSSR count). The van der Waals surface area contributed by atoms with Crippen LogP contribution in [0.2, 0.25) is 0 Å². The normalized spacial score (nSPS) is 21.9. The van der Waals surface area contributed by atoms with Gasteiger partial charge < -0.3 is 26.4 Å². The number of hydrogen-bond acceptors (Lipinski definition) is 5. The summed E-state index contributed by atoms with van der Waals surface area (Å²) in [4.78, 5) is 24.8. The summed E-state index contributed by atoms with van der Waals surface area (Å²) in [6, 6.07) is 0. The summed E-state index contributed by atoms with van der Waals surface area (Å²) < 4.78 is 78.9. The molecule has 2 aliphatic rings. The van der Waals surface area contributed by atoms with E-state index in [9.17, 15) is 35.9 Å². The molecule has 0 bridgehead atoms. The highest BCUT2D eigenvalue weighted by atomic mass is 19.4. The molecule has 1 aliphatic carbocycles. The van der Waals surface area contributed by atoms with Gasteiger partial charge in [0.2, 0.25) is 5.91 Å². The molecular weight excluding hydrogens is 422 g/mol. The van der Waals surface area contributed by atoms with Gasteiger partial charge in [-0.2, -0.15) is 26.3 Å². The number of carbonyl (C=O) groups is 2. The maximum atomic E-state index is 12.5. The van der Waals surface area contributed by atoms with Crippen LogP contribution in [0.4, 0.5) is 31.1 Å². The molecule has 1 saturated heterocycles. The molecule has 170 valence electrons. The van der Waals surface area contributed by atoms with Crippen molar-refractivity contribution >= 4 is 12.0 Å². The van der Waals surface area contributed by atoms with Gasteiger partial charge in [-0.1, -0.05) is 0 Å². The number of amides is 2. The Hall–Kier alpha value is -2.60. The van der Waals surface area contributed by atoms with E-state index < -0.39 is 30.0 Å². The van der Waals surface area contributed by atoms with E-state index >= 15 is 0 Å². The van der Waals surface area contributed by atoms with Crippen molar-refractivity contribution in [3.63, 3.8) is 0 Å². The lowest BCUT2D eigenvalue weighted by Gasteiger charge is -2.33. The quantitative estimate of drug-likeness (QED) is 0.445. The van der Waals surface area contributed by atoms with E-state index in [-0.39, 0.29) is 44.3 Å². The largest absolute Gasteiger partial charge is 0.434 e. The Morgan fingerprint density at radius 1 is 1.17 bits per heavy atom. The second-order valence-electron chi connectivity index (χ2n) is 7.30. The molecule has 0 aromatic rings. The third-order valence-corrected chi connectivity index (χ3v) is 5.23. The number of piperidine rings is 1. The first-order valence-electron chi connectivity index (χ1n) is 9.00. The number of nitrogens with two attached hydrogens (primary N) is 2. The van der Waals surface area contributed by atoms with E-state index in [4.69, 9.17) is 11.5 Å². The predicted molar refractivity (Wildman–Crippen MR) is 92.3 cm³/mol. The Kier molecular flexibility index (Phi) is 6.82. The minimum Gasteiger partial charge on any atom is -0.426 e. The zero-order chi connectivity index (χ0) is 22.7. The Balaban J connectivity index is 1.85. The Morgan fingerprint density at radius 2 is 1.73 bits per heavy atom. The summed E-state index contributed by atoms with van der Waals surface area (Å²) in [5, 5.41) is 2.66. The van der Waals surface area contributed by atoms with Crippen molar-refractivity contribution in [1.29, 1.82) is 0 Å². The summed E-state index contributed by atoms with van der Waals surface area (Å²) in [7, 11) is 0. The van der Waals surface area contributed by atoms with Gasteiger partial charge in [0.25, 0.3) is 6.10 Å². The van der Waals surface area contributed by atoms with E-state index in [1.54, 1.807) is 0 Å². The number of nitrogens with one attached hydrogen (secondary N) is 1. The third-order valence-electron chi connectivity index (χ3n) is 5.23. The van der Waals surface area contributed by atoms with Gasteiger partial charge in [-0.3, -0.25) is 4.79 Å². The molecule has 1 unspecified atom stereocenters. The van der Waals surface area contributed by atoms with Gasteiger partial charge in [0, 0.05) is 24.7 Å². The van der Waals surface area contributed by atoms with Crippen molar-refractivity contribution in [2.24, 2.45) is 22.8 Å². The predicted octanol–water partition coefficient (Wildman–Crippen LogP) is 2.15. The van der Waals surface area contributed by atoms with E-state index in [1.165, 1.54) is 18.4 Å². The lowest BCUT2D eigenvalue weighted by atomic mass is 9.91. The third kappa shape index (κ3) is 5.72. The van der Waals surface area contributed by atoms with Crippen LogP contribution in [0, 0.1) is 11.3 Å². The molecule has 2 fully saturated rings. The summed E-state index contributed by atoms with van der Waals surface area (Å²) in [5.41, 5.74) is 10.8. The second-order valence-corrected chi connectivity index (χ2v) is 7.30. The molecule has 7 nitrogen and oxygen atoms in total. The van der Waals surface area contributed by atoms with Crippen molar-refractivity contribution in [2.75, 3.05) is 19.6 Å². The van der Waals surface area contributed by atoms with Crippen LogP contribution in [0.3, 0.4) is 0 Å². The molecule has 1 heterocycles. The fourth-order valence-corrected chi connectivity index (χ4v) is 3.45. The lowest BCUT2D eigenvalue weighted by molar-refractivity contribution is -0.308. The number of rotatable bonds is 5. The first-order chi connectivity index (χ1) is 13.8. The molecule has 5 N–H and O–H groups in total. The number of hydrogen-bond donors (Lipinski definition) is 3. The van der Waals surface area contributed by atoms with Crippen molar-refractivity contribution in [3.05, 3.63) is 24.0 Å². The van der Waals surface area contributed by atoms with Crippen molar-refractivity contribution in [3.8, 4) is 0 Å². The SMILES string of the molecule is N/C=C\C=C(/N)CNC(=O)C1CC12CCN(C(=O)OC(C(F)(F)F)C(F)(F)F)CC2. The molecule has 0 radical (unpaired) electrons. The second kappa shape index (κ2) is 8.64. The number of alkyl halides is 6. The smallest absolute Gasteiger partial charge is 0.426 e. The molecule has 30 heavy (non-hydrogen) atoms. The van der Waals surface area contributed by atoms with E-state index in [0.717, 1.165) is 4.90 Å². The lowest BCUT2D eigenvalue weighted by Crippen LogP contribution is -2.49. The van der Waals surface area contributed by atoms with Gasteiger partial charge in [-0.25, -0.2) is 4.79 Å². The number of nitrogens with zero attached hydrogens (tertiary/aromatic N) is 1. The zero-order valence-corrected chi connectivity index (χ0v) is 15.7. The molecule has 13 heteroatoms. The molecule has 2 amide bonds. The van der Waals surface area contributed by atoms with Crippen LogP contribution < -0.4 is 16.8 Å². The Morgan fingerprint density at radius 3 is 2.23 bits per heavy atom. The van der Waals surface area contributed by atoms with Crippen LogP contribution in [-0.2, 0) is 9.53 Å². The van der Waals surface area contributed by atoms with Crippen LogP contribution in [-0.4, -0.2) is 55.0 Å². The minimum absolute atomic E-state index is 0.102. The maximum absolute atomic E-state index is 12.5. The number of carbonyl (C=O) groups excluding carboxylic acids is 2. The maximum Gasteiger partial charge on any atom is 0.434 e. The van der Waals surface area contributed by atoms with Crippen LogP contribution in [0.25, 0.3) is 0 Å². The van der Waals surface area contributed by atoms with Crippen molar-refractivity contribution in [2.45, 2.75) is 37.7 Å². The number of halogens is 6. The van der Waals surface area contributed by atoms with Gasteiger partial charge in [0.15, 0.2) is 0 Å². The van der Waals surface area contributed by atoms with Crippen molar-refractivity contribution < 1.29 is 40.7 Å². The van der Waals surface area contributed by atoms with Crippen LogP contribution in [0.15, 0.2) is 24.0 Å². The molecular formula is C17H22F6N4O3. The minimum atomic E-state index is -5.76. The van der Waals surface area contributed by atoms with Gasteiger partial charge in [-0.05, 0) is 43.0 Å². The number of likely N-dealkylation sites (tertiary alicyclic amines) is 1. The van der Waals surface area contributed by atoms with Crippen molar-refractivity contribution in [1.82, 2.24) is 10.2 Å². The van der Waals surface area contributed by atoms with Gasteiger partial charge in [0.05, 0.1) is 6.54 Å². The van der Waals surface area contributed by atoms with Crippen LogP contribution in [0.5, 0.6) is 0 Å². The summed E-state index contributed by atoms with van der Waals surface area (Å²) in [6.07, 6.45) is -12.1. The average Bonchev–Trinajstić information content (AvgIpc) is 3.34. The Bertz CT molecular complexity index is 697. The number of allylic oxidation sites excluding steroid dienone is 2. The van der Waals surface area contributed by atoms with E-state index in [0.29, 0.717) is 12.1 Å². The number of ether oxygens (including phenoxy) is 1. The average molecular weight is 444 g/mol.